The molecule has 3 heterocycles. The first-order valence-corrected chi connectivity index (χ1v) is 8.20. The van der Waals surface area contributed by atoms with Gasteiger partial charge < -0.3 is 14.6 Å². The van der Waals surface area contributed by atoms with Gasteiger partial charge in [-0.05, 0) is 45.7 Å². The SMILES string of the molecule is Cc1cc(NC(=O)[C@H](C)N2CCC([C@@H](O)c3ncc[nH]3)CC2)on1. The summed E-state index contributed by atoms with van der Waals surface area (Å²) in [6, 6.07) is 1.42. The first-order valence-electron chi connectivity index (χ1n) is 8.20. The van der Waals surface area contributed by atoms with Crippen molar-refractivity contribution in [3.8, 4) is 0 Å². The minimum absolute atomic E-state index is 0.115. The Hall–Kier alpha value is -2.19. The van der Waals surface area contributed by atoms with Crippen LogP contribution in [0.4, 0.5) is 5.88 Å². The second kappa shape index (κ2) is 7.14. The molecule has 3 N–H and O–H groups in total. The van der Waals surface area contributed by atoms with Gasteiger partial charge in [-0.15, -0.1) is 0 Å². The Morgan fingerprint density at radius 2 is 2.25 bits per heavy atom. The van der Waals surface area contributed by atoms with Gasteiger partial charge in [-0.3, -0.25) is 15.0 Å². The molecule has 1 aliphatic rings. The smallest absolute Gasteiger partial charge is 0.243 e. The molecule has 2 aromatic heterocycles. The number of aliphatic hydroxyl groups is 1. The van der Waals surface area contributed by atoms with E-state index in [4.69, 9.17) is 4.52 Å². The quantitative estimate of drug-likeness (QED) is 0.765. The predicted molar refractivity (Wildman–Crippen MR) is 87.2 cm³/mol. The highest BCUT2D eigenvalue weighted by Crippen LogP contribution is 2.29. The highest BCUT2D eigenvalue weighted by atomic mass is 16.5. The largest absolute Gasteiger partial charge is 0.385 e. The number of rotatable bonds is 5. The average molecular weight is 333 g/mol. The minimum Gasteiger partial charge on any atom is -0.385 e. The summed E-state index contributed by atoms with van der Waals surface area (Å²) < 4.78 is 5.02. The van der Waals surface area contributed by atoms with E-state index in [0.717, 1.165) is 31.6 Å². The van der Waals surface area contributed by atoms with Crippen LogP contribution in [0.25, 0.3) is 0 Å². The van der Waals surface area contributed by atoms with E-state index in [1.54, 1.807) is 25.4 Å². The summed E-state index contributed by atoms with van der Waals surface area (Å²) >= 11 is 0. The van der Waals surface area contributed by atoms with Crippen molar-refractivity contribution in [3.05, 3.63) is 30.0 Å². The summed E-state index contributed by atoms with van der Waals surface area (Å²) in [6.07, 6.45) is 4.42. The van der Waals surface area contributed by atoms with Crippen LogP contribution < -0.4 is 5.32 Å². The fourth-order valence-corrected chi connectivity index (χ4v) is 3.10. The normalized spacial score (nSPS) is 19.1. The van der Waals surface area contributed by atoms with Crippen molar-refractivity contribution in [1.29, 1.82) is 0 Å². The first-order chi connectivity index (χ1) is 11.5. The Balaban J connectivity index is 1.51. The third kappa shape index (κ3) is 3.65. The molecule has 3 rings (SSSR count). The summed E-state index contributed by atoms with van der Waals surface area (Å²) in [5, 5.41) is 16.9. The zero-order chi connectivity index (χ0) is 17.1. The summed E-state index contributed by atoms with van der Waals surface area (Å²) in [7, 11) is 0. The van der Waals surface area contributed by atoms with Crippen LogP contribution in [0.3, 0.4) is 0 Å². The maximum atomic E-state index is 12.3. The lowest BCUT2D eigenvalue weighted by atomic mass is 9.90. The van der Waals surface area contributed by atoms with Crippen LogP contribution in [-0.4, -0.2) is 50.2 Å². The Morgan fingerprint density at radius 1 is 1.50 bits per heavy atom. The van der Waals surface area contributed by atoms with E-state index in [1.165, 1.54) is 0 Å². The van der Waals surface area contributed by atoms with Crippen molar-refractivity contribution >= 4 is 11.8 Å². The van der Waals surface area contributed by atoms with E-state index >= 15 is 0 Å². The molecule has 2 aromatic rings. The predicted octanol–water partition coefficient (Wildman–Crippen LogP) is 1.48. The van der Waals surface area contributed by atoms with Crippen molar-refractivity contribution in [2.45, 2.75) is 38.8 Å². The molecule has 0 saturated carbocycles. The molecule has 8 heteroatoms. The number of nitrogens with zero attached hydrogens (tertiary/aromatic N) is 3. The van der Waals surface area contributed by atoms with Gasteiger partial charge in [-0.2, -0.15) is 0 Å². The number of amides is 1. The molecule has 24 heavy (non-hydrogen) atoms. The van der Waals surface area contributed by atoms with Crippen molar-refractivity contribution in [3.63, 3.8) is 0 Å². The van der Waals surface area contributed by atoms with Gasteiger partial charge in [0, 0.05) is 18.5 Å². The number of hydrogen-bond acceptors (Lipinski definition) is 6. The molecule has 8 nitrogen and oxygen atoms in total. The van der Waals surface area contributed by atoms with E-state index in [1.807, 2.05) is 6.92 Å². The number of nitrogens with one attached hydrogen (secondary N) is 2. The van der Waals surface area contributed by atoms with Crippen LogP contribution in [0.2, 0.25) is 0 Å². The number of aromatic nitrogens is 3. The van der Waals surface area contributed by atoms with Gasteiger partial charge in [-0.25, -0.2) is 4.98 Å². The maximum Gasteiger partial charge on any atom is 0.243 e. The number of aryl methyl sites for hydroxylation is 1. The zero-order valence-electron chi connectivity index (χ0n) is 13.9. The standard InChI is InChI=1S/C16H23N5O3/c1-10-9-13(24-20-10)19-16(23)11(2)21-7-3-12(4-8-21)14(22)15-17-5-6-18-15/h5-6,9,11-12,14,22H,3-4,7-8H2,1-2H3,(H,17,18)(H,19,23)/t11-,14+/m0/s1. The van der Waals surface area contributed by atoms with Gasteiger partial charge in [0.05, 0.1) is 11.7 Å². The fourth-order valence-electron chi connectivity index (χ4n) is 3.10. The van der Waals surface area contributed by atoms with Crippen LogP contribution in [0.1, 0.15) is 37.4 Å². The first kappa shape index (κ1) is 16.7. The number of aromatic amines is 1. The molecular weight excluding hydrogens is 310 g/mol. The number of likely N-dealkylation sites (tertiary alicyclic amines) is 1. The van der Waals surface area contributed by atoms with E-state index in [2.05, 4.69) is 25.3 Å². The topological polar surface area (TPSA) is 107 Å². The molecule has 1 amide bonds. The number of carbonyl (C=O) groups excluding carboxylic acids is 1. The summed E-state index contributed by atoms with van der Waals surface area (Å²) in [5.74, 6) is 1.02. The van der Waals surface area contributed by atoms with Gasteiger partial charge in [0.1, 0.15) is 11.9 Å². The third-order valence-corrected chi connectivity index (χ3v) is 4.62. The summed E-state index contributed by atoms with van der Waals surface area (Å²) in [5.41, 5.74) is 0.727. The van der Waals surface area contributed by atoms with Gasteiger partial charge in [0.15, 0.2) is 0 Å². The molecule has 0 bridgehead atoms. The molecule has 2 atom stereocenters. The molecule has 1 fully saturated rings. The molecule has 130 valence electrons. The Morgan fingerprint density at radius 3 is 2.83 bits per heavy atom. The molecule has 1 saturated heterocycles. The molecule has 1 aliphatic heterocycles. The Labute approximate surface area is 140 Å². The van der Waals surface area contributed by atoms with Gasteiger partial charge >= 0.3 is 0 Å². The Bertz CT molecular complexity index is 661. The van der Waals surface area contributed by atoms with Crippen molar-refractivity contribution in [1.82, 2.24) is 20.0 Å². The van der Waals surface area contributed by atoms with E-state index in [0.29, 0.717) is 11.7 Å². The van der Waals surface area contributed by atoms with Crippen LogP contribution in [0.5, 0.6) is 0 Å². The van der Waals surface area contributed by atoms with Crippen molar-refractivity contribution < 1.29 is 14.4 Å². The van der Waals surface area contributed by atoms with Crippen LogP contribution in [0, 0.1) is 12.8 Å². The minimum atomic E-state index is -0.580. The number of anilines is 1. The fraction of sp³-hybridized carbons (Fsp3) is 0.562. The second-order valence-corrected chi connectivity index (χ2v) is 6.29. The zero-order valence-corrected chi connectivity index (χ0v) is 13.9. The number of carbonyl (C=O) groups is 1. The monoisotopic (exact) mass is 333 g/mol. The summed E-state index contributed by atoms with van der Waals surface area (Å²) in [6.45, 7) is 5.19. The van der Waals surface area contributed by atoms with E-state index < -0.39 is 6.10 Å². The number of aliphatic hydroxyl groups excluding tert-OH is 1. The molecule has 0 unspecified atom stereocenters. The maximum absolute atomic E-state index is 12.3. The van der Waals surface area contributed by atoms with Crippen molar-refractivity contribution in [2.24, 2.45) is 5.92 Å². The van der Waals surface area contributed by atoms with E-state index in [-0.39, 0.29) is 17.9 Å². The molecule has 0 spiro atoms. The lowest BCUT2D eigenvalue weighted by molar-refractivity contribution is -0.121. The number of imidazole rings is 1. The van der Waals surface area contributed by atoms with Crippen molar-refractivity contribution in [2.75, 3.05) is 18.4 Å². The molecular formula is C16H23N5O3. The lowest BCUT2D eigenvalue weighted by Crippen LogP contribution is -2.46. The highest BCUT2D eigenvalue weighted by Gasteiger charge is 2.31. The molecule has 0 aliphatic carbocycles. The van der Waals surface area contributed by atoms with Gasteiger partial charge in [0.25, 0.3) is 0 Å². The molecule has 0 aromatic carbocycles. The number of hydrogen-bond donors (Lipinski definition) is 3. The number of piperidine rings is 1. The van der Waals surface area contributed by atoms with Crippen LogP contribution in [-0.2, 0) is 4.79 Å². The average Bonchev–Trinajstić information content (AvgIpc) is 3.25. The summed E-state index contributed by atoms with van der Waals surface area (Å²) in [4.78, 5) is 21.5. The van der Waals surface area contributed by atoms with Gasteiger partial charge in [-0.1, -0.05) is 5.16 Å². The van der Waals surface area contributed by atoms with E-state index in [9.17, 15) is 9.90 Å². The second-order valence-electron chi connectivity index (χ2n) is 6.29. The molecule has 0 radical (unpaired) electrons. The highest BCUT2D eigenvalue weighted by molar-refractivity contribution is 5.93. The van der Waals surface area contributed by atoms with Gasteiger partial charge in [0.2, 0.25) is 11.8 Å². The number of H-pyrrole nitrogens is 1. The van der Waals surface area contributed by atoms with Crippen LogP contribution >= 0.6 is 0 Å². The Kier molecular flexibility index (Phi) is 4.96. The third-order valence-electron chi connectivity index (χ3n) is 4.62. The lowest BCUT2D eigenvalue weighted by Gasteiger charge is -2.36. The van der Waals surface area contributed by atoms with Crippen LogP contribution in [0.15, 0.2) is 23.0 Å².